The predicted octanol–water partition coefficient (Wildman–Crippen LogP) is 4.96. The molecular weight excluding hydrogens is 508 g/mol. The summed E-state index contributed by atoms with van der Waals surface area (Å²) >= 11 is 0. The van der Waals surface area contributed by atoms with Crippen LogP contribution in [0, 0.1) is 6.92 Å². The van der Waals surface area contributed by atoms with Crippen LogP contribution in [-0.2, 0) is 16.2 Å². The molecule has 0 aromatic heterocycles. The summed E-state index contributed by atoms with van der Waals surface area (Å²) in [5, 5.41) is 11.6. The second kappa shape index (κ2) is 12.7. The molecule has 0 saturated carbocycles. The molecular formula is C32H36N2O6. The highest BCUT2D eigenvalue weighted by Crippen LogP contribution is 2.42. The lowest BCUT2D eigenvalue weighted by atomic mass is 9.93. The number of aliphatic hydroxyl groups is 1. The van der Waals surface area contributed by atoms with Gasteiger partial charge in [-0.2, -0.15) is 0 Å². The van der Waals surface area contributed by atoms with Crippen molar-refractivity contribution in [3.05, 3.63) is 94.6 Å². The largest absolute Gasteiger partial charge is 0.507 e. The number of ketones is 1. The van der Waals surface area contributed by atoms with E-state index in [1.165, 1.54) is 12.0 Å². The minimum Gasteiger partial charge on any atom is -0.507 e. The number of nitrogens with zero attached hydrogens (tertiary/aromatic N) is 2. The molecule has 1 saturated heterocycles. The SMILES string of the molecule is CCOc1ccc(C2/C(=C(\O)c3ccc(OCc4ccccc4)cc3C)C(=O)C(=O)N2CCN(C)C)cc1OC. The van der Waals surface area contributed by atoms with Crippen LogP contribution in [0.4, 0.5) is 0 Å². The number of ether oxygens (including phenoxy) is 3. The fraction of sp³-hybridized carbons (Fsp3) is 0.312. The number of aliphatic hydroxyl groups excluding tert-OH is 1. The van der Waals surface area contributed by atoms with Gasteiger partial charge in [0.25, 0.3) is 11.7 Å². The van der Waals surface area contributed by atoms with Crippen LogP contribution in [-0.4, -0.2) is 67.5 Å². The fourth-order valence-corrected chi connectivity index (χ4v) is 4.77. The van der Waals surface area contributed by atoms with Gasteiger partial charge in [0.2, 0.25) is 0 Å². The molecule has 3 aromatic carbocycles. The van der Waals surface area contributed by atoms with Crippen molar-refractivity contribution in [3.8, 4) is 17.2 Å². The molecule has 1 amide bonds. The molecule has 1 aliphatic heterocycles. The van der Waals surface area contributed by atoms with Crippen molar-refractivity contribution in [3.63, 3.8) is 0 Å². The van der Waals surface area contributed by atoms with E-state index in [1.54, 1.807) is 30.3 Å². The molecule has 0 radical (unpaired) electrons. The van der Waals surface area contributed by atoms with E-state index in [1.807, 2.05) is 69.2 Å². The summed E-state index contributed by atoms with van der Waals surface area (Å²) < 4.78 is 17.1. The van der Waals surface area contributed by atoms with Crippen molar-refractivity contribution in [2.75, 3.05) is 40.9 Å². The third-order valence-corrected chi connectivity index (χ3v) is 6.83. The minimum atomic E-state index is -0.794. The molecule has 40 heavy (non-hydrogen) atoms. The van der Waals surface area contributed by atoms with Gasteiger partial charge >= 0.3 is 0 Å². The quantitative estimate of drug-likeness (QED) is 0.207. The third-order valence-electron chi connectivity index (χ3n) is 6.83. The smallest absolute Gasteiger partial charge is 0.295 e. The van der Waals surface area contributed by atoms with Crippen LogP contribution in [0.25, 0.3) is 5.76 Å². The van der Waals surface area contributed by atoms with E-state index in [4.69, 9.17) is 14.2 Å². The average molecular weight is 545 g/mol. The van der Waals surface area contributed by atoms with Gasteiger partial charge in [-0.25, -0.2) is 0 Å². The maximum absolute atomic E-state index is 13.4. The van der Waals surface area contributed by atoms with Gasteiger partial charge in [0, 0.05) is 18.7 Å². The number of aryl methyl sites for hydroxylation is 1. The highest BCUT2D eigenvalue weighted by molar-refractivity contribution is 6.46. The van der Waals surface area contributed by atoms with E-state index in [2.05, 4.69) is 0 Å². The highest BCUT2D eigenvalue weighted by Gasteiger charge is 2.46. The number of hydrogen-bond acceptors (Lipinski definition) is 7. The molecule has 1 N–H and O–H groups in total. The van der Waals surface area contributed by atoms with E-state index >= 15 is 0 Å². The second-order valence-corrected chi connectivity index (χ2v) is 9.89. The number of hydrogen-bond donors (Lipinski definition) is 1. The molecule has 0 aliphatic carbocycles. The Bertz CT molecular complexity index is 1400. The average Bonchev–Trinajstić information content (AvgIpc) is 3.20. The van der Waals surface area contributed by atoms with Gasteiger partial charge in [-0.15, -0.1) is 0 Å². The molecule has 0 spiro atoms. The maximum Gasteiger partial charge on any atom is 0.295 e. The zero-order valence-corrected chi connectivity index (χ0v) is 23.6. The van der Waals surface area contributed by atoms with E-state index in [0.717, 1.165) is 5.56 Å². The Hall–Kier alpha value is -4.30. The Morgan fingerprint density at radius 3 is 2.38 bits per heavy atom. The van der Waals surface area contributed by atoms with E-state index in [9.17, 15) is 14.7 Å². The summed E-state index contributed by atoms with van der Waals surface area (Å²) in [6, 6.07) is 19.6. The lowest BCUT2D eigenvalue weighted by Gasteiger charge is -2.27. The van der Waals surface area contributed by atoms with Crippen LogP contribution in [0.15, 0.2) is 72.3 Å². The van der Waals surface area contributed by atoms with Crippen molar-refractivity contribution in [1.29, 1.82) is 0 Å². The number of carbonyl (C=O) groups is 2. The number of likely N-dealkylation sites (N-methyl/N-ethyl adjacent to an activating group) is 1. The van der Waals surface area contributed by atoms with Crippen molar-refractivity contribution in [1.82, 2.24) is 9.80 Å². The molecule has 1 aliphatic rings. The third kappa shape index (κ3) is 6.13. The number of methoxy groups -OCH3 is 1. The lowest BCUT2D eigenvalue weighted by Crippen LogP contribution is -2.35. The summed E-state index contributed by atoms with van der Waals surface area (Å²) in [5.41, 5.74) is 2.89. The van der Waals surface area contributed by atoms with Crippen LogP contribution in [0.5, 0.6) is 17.2 Å². The summed E-state index contributed by atoms with van der Waals surface area (Å²) in [6.45, 7) is 5.43. The number of rotatable bonds is 11. The van der Waals surface area contributed by atoms with Crippen LogP contribution in [0.1, 0.15) is 35.2 Å². The summed E-state index contributed by atoms with van der Waals surface area (Å²) in [7, 11) is 5.34. The normalized spacial score (nSPS) is 16.4. The summed E-state index contributed by atoms with van der Waals surface area (Å²) in [6.07, 6.45) is 0. The minimum absolute atomic E-state index is 0.0380. The zero-order valence-electron chi connectivity index (χ0n) is 23.6. The number of amides is 1. The van der Waals surface area contributed by atoms with Crippen LogP contribution in [0.3, 0.4) is 0 Å². The first kappa shape index (κ1) is 28.7. The maximum atomic E-state index is 13.4. The zero-order chi connectivity index (χ0) is 28.8. The Kier molecular flexibility index (Phi) is 9.11. The van der Waals surface area contributed by atoms with Gasteiger partial charge in [-0.1, -0.05) is 36.4 Å². The van der Waals surface area contributed by atoms with Crippen LogP contribution >= 0.6 is 0 Å². The van der Waals surface area contributed by atoms with Crippen molar-refractivity contribution in [2.24, 2.45) is 0 Å². The van der Waals surface area contributed by atoms with E-state index in [-0.39, 0.29) is 11.3 Å². The number of carbonyl (C=O) groups excluding carboxylic acids is 2. The molecule has 1 atom stereocenters. The van der Waals surface area contributed by atoms with Gasteiger partial charge < -0.3 is 29.1 Å². The summed E-state index contributed by atoms with van der Waals surface area (Å²) in [5.74, 6) is 0.0713. The van der Waals surface area contributed by atoms with Crippen LogP contribution in [0.2, 0.25) is 0 Å². The number of likely N-dealkylation sites (tertiary alicyclic amines) is 1. The fourth-order valence-electron chi connectivity index (χ4n) is 4.77. The van der Waals surface area contributed by atoms with Crippen molar-refractivity contribution in [2.45, 2.75) is 26.5 Å². The molecule has 3 aromatic rings. The highest BCUT2D eigenvalue weighted by atomic mass is 16.5. The Morgan fingerprint density at radius 1 is 0.975 bits per heavy atom. The number of benzene rings is 3. The summed E-state index contributed by atoms with van der Waals surface area (Å²) in [4.78, 5) is 30.1. The first-order chi connectivity index (χ1) is 19.2. The standard InChI is InChI=1S/C32H36N2O6/c1-6-39-26-15-12-23(19-27(26)38-5)29-28(31(36)32(37)34(29)17-16-33(3)4)30(35)25-14-13-24(18-21(25)2)40-20-22-10-8-7-9-11-22/h7-15,18-19,29,35H,6,16-17,20H2,1-5H3/b30-28+. The first-order valence-corrected chi connectivity index (χ1v) is 13.3. The van der Waals surface area contributed by atoms with Gasteiger partial charge in [0.05, 0.1) is 25.3 Å². The van der Waals surface area contributed by atoms with Crippen LogP contribution < -0.4 is 14.2 Å². The molecule has 210 valence electrons. The van der Waals surface area contributed by atoms with Crippen molar-refractivity contribution >= 4 is 17.4 Å². The number of Topliss-reactive ketones (excluding diaryl/α,β-unsaturated/α-hetero) is 1. The van der Waals surface area contributed by atoms with E-state index < -0.39 is 17.7 Å². The second-order valence-electron chi connectivity index (χ2n) is 9.89. The molecule has 1 heterocycles. The Morgan fingerprint density at radius 2 is 1.73 bits per heavy atom. The Labute approximate surface area is 235 Å². The monoisotopic (exact) mass is 544 g/mol. The molecule has 4 rings (SSSR count). The van der Waals surface area contributed by atoms with Crippen molar-refractivity contribution < 1.29 is 28.9 Å². The topological polar surface area (TPSA) is 88.5 Å². The van der Waals surface area contributed by atoms with Gasteiger partial charge in [0.1, 0.15) is 18.1 Å². The molecule has 8 heteroatoms. The van der Waals surface area contributed by atoms with Gasteiger partial charge in [-0.3, -0.25) is 9.59 Å². The Balaban J connectivity index is 1.74. The first-order valence-electron chi connectivity index (χ1n) is 13.3. The predicted molar refractivity (Wildman–Crippen MR) is 154 cm³/mol. The molecule has 8 nitrogen and oxygen atoms in total. The van der Waals surface area contributed by atoms with Gasteiger partial charge in [-0.05, 0) is 75.0 Å². The van der Waals surface area contributed by atoms with E-state index in [0.29, 0.717) is 60.2 Å². The lowest BCUT2D eigenvalue weighted by molar-refractivity contribution is -0.140. The molecule has 0 bridgehead atoms. The molecule has 1 unspecified atom stereocenters. The molecule has 1 fully saturated rings. The van der Waals surface area contributed by atoms with Gasteiger partial charge in [0.15, 0.2) is 11.5 Å².